The lowest BCUT2D eigenvalue weighted by Crippen LogP contribution is -2.34. The Morgan fingerprint density at radius 2 is 2.29 bits per heavy atom. The third kappa shape index (κ3) is 4.13. The lowest BCUT2D eigenvalue weighted by Gasteiger charge is -2.21. The molecule has 1 fully saturated rings. The van der Waals surface area contributed by atoms with Gasteiger partial charge in [-0.3, -0.25) is 10.2 Å². The fraction of sp³-hybridized carbons (Fsp3) is 0.400. The monoisotopic (exact) mass is 287 g/mol. The van der Waals surface area contributed by atoms with E-state index in [0.29, 0.717) is 11.3 Å². The van der Waals surface area contributed by atoms with Crippen molar-refractivity contribution in [1.29, 1.82) is 5.41 Å². The molecule has 1 amide bonds. The van der Waals surface area contributed by atoms with Gasteiger partial charge in [0.1, 0.15) is 0 Å². The van der Waals surface area contributed by atoms with Gasteiger partial charge in [0.15, 0.2) is 0 Å². The molecule has 1 aliphatic rings. The molecule has 1 aromatic rings. The van der Waals surface area contributed by atoms with Crippen LogP contribution in [-0.2, 0) is 0 Å². The summed E-state index contributed by atoms with van der Waals surface area (Å²) in [6.07, 6.45) is 3.39. The maximum absolute atomic E-state index is 12.7. The van der Waals surface area contributed by atoms with Gasteiger partial charge in [-0.15, -0.1) is 0 Å². The van der Waals surface area contributed by atoms with Crippen LogP contribution < -0.4 is 10.7 Å². The first-order chi connectivity index (χ1) is 10.2. The average molecular weight is 287 g/mol. The predicted molar refractivity (Wildman–Crippen MR) is 85.5 cm³/mol. The van der Waals surface area contributed by atoms with E-state index in [9.17, 15) is 4.79 Å². The van der Waals surface area contributed by atoms with Crippen molar-refractivity contribution in [2.24, 2.45) is 5.10 Å². The van der Waals surface area contributed by atoms with Gasteiger partial charge in [-0.2, -0.15) is 5.10 Å². The second-order valence-electron chi connectivity index (χ2n) is 5.00. The summed E-state index contributed by atoms with van der Waals surface area (Å²) in [7, 11) is 0. The molecule has 0 aliphatic carbocycles. The van der Waals surface area contributed by atoms with Crippen molar-refractivity contribution in [3.05, 3.63) is 29.3 Å². The molecule has 0 saturated carbocycles. The zero-order valence-electron chi connectivity index (χ0n) is 12.2. The van der Waals surface area contributed by atoms with Crippen LogP contribution in [0.3, 0.4) is 0 Å². The van der Waals surface area contributed by atoms with Gasteiger partial charge in [0.25, 0.3) is 5.91 Å². The largest absolute Gasteiger partial charge is 0.337 e. The van der Waals surface area contributed by atoms with E-state index in [1.165, 1.54) is 6.21 Å². The molecule has 0 unspecified atom stereocenters. The first-order valence-corrected chi connectivity index (χ1v) is 7.11. The number of nitrogens with one attached hydrogen (secondary N) is 3. The maximum atomic E-state index is 12.7. The van der Waals surface area contributed by atoms with Crippen LogP contribution in [0.15, 0.2) is 23.3 Å². The first-order valence-electron chi connectivity index (χ1n) is 7.11. The number of hydrazone groups is 1. The van der Waals surface area contributed by atoms with Crippen molar-refractivity contribution < 1.29 is 4.79 Å². The Bertz CT molecular complexity index is 533. The lowest BCUT2D eigenvalue weighted by molar-refractivity contribution is 0.0767. The number of rotatable bonds is 4. The summed E-state index contributed by atoms with van der Waals surface area (Å²) in [6.45, 7) is 5.23. The molecule has 21 heavy (non-hydrogen) atoms. The third-order valence-electron chi connectivity index (χ3n) is 3.37. The molecule has 0 radical (unpaired) electrons. The summed E-state index contributed by atoms with van der Waals surface area (Å²) >= 11 is 0. The van der Waals surface area contributed by atoms with E-state index in [2.05, 4.69) is 15.8 Å². The number of anilines is 1. The quantitative estimate of drug-likeness (QED) is 0.579. The van der Waals surface area contributed by atoms with Gasteiger partial charge < -0.3 is 15.6 Å². The van der Waals surface area contributed by atoms with E-state index >= 15 is 0 Å². The molecule has 0 spiro atoms. The second-order valence-corrected chi connectivity index (χ2v) is 5.00. The number of aryl methyl sites for hydroxylation is 1. The number of carbonyl (C=O) groups is 1. The van der Waals surface area contributed by atoms with Gasteiger partial charge in [0.2, 0.25) is 0 Å². The van der Waals surface area contributed by atoms with Crippen molar-refractivity contribution in [1.82, 2.24) is 10.2 Å². The molecule has 112 valence electrons. The molecular weight excluding hydrogens is 266 g/mol. The Labute approximate surface area is 124 Å². The minimum atomic E-state index is 0.0231. The van der Waals surface area contributed by atoms with Crippen molar-refractivity contribution in [2.45, 2.75) is 13.3 Å². The maximum Gasteiger partial charge on any atom is 0.256 e. The topological polar surface area (TPSA) is 80.6 Å². The fourth-order valence-corrected chi connectivity index (χ4v) is 2.30. The Morgan fingerprint density at radius 3 is 3.10 bits per heavy atom. The van der Waals surface area contributed by atoms with E-state index in [-0.39, 0.29) is 5.91 Å². The van der Waals surface area contributed by atoms with E-state index in [1.54, 1.807) is 0 Å². The number of hydrogen-bond donors (Lipinski definition) is 3. The summed E-state index contributed by atoms with van der Waals surface area (Å²) in [4.78, 5) is 14.6. The van der Waals surface area contributed by atoms with E-state index in [1.807, 2.05) is 30.0 Å². The van der Waals surface area contributed by atoms with Crippen molar-refractivity contribution in [3.8, 4) is 0 Å². The van der Waals surface area contributed by atoms with Gasteiger partial charge in [-0.05, 0) is 32.0 Å². The second kappa shape index (κ2) is 7.54. The molecule has 3 N–H and O–H groups in total. The number of carbonyl (C=O) groups excluding carboxylic acids is 1. The summed E-state index contributed by atoms with van der Waals surface area (Å²) in [5.41, 5.74) is 5.16. The van der Waals surface area contributed by atoms with Crippen LogP contribution in [0.25, 0.3) is 0 Å². The molecule has 1 saturated heterocycles. The Morgan fingerprint density at radius 1 is 1.43 bits per heavy atom. The van der Waals surface area contributed by atoms with Crippen molar-refractivity contribution in [3.63, 3.8) is 0 Å². The van der Waals surface area contributed by atoms with Gasteiger partial charge in [0, 0.05) is 25.8 Å². The Hall–Kier alpha value is -2.21. The molecule has 0 aromatic heterocycles. The number of benzene rings is 1. The summed E-state index contributed by atoms with van der Waals surface area (Å²) in [6, 6.07) is 5.66. The molecule has 1 aromatic carbocycles. The molecule has 0 atom stereocenters. The minimum Gasteiger partial charge on any atom is -0.337 e. The Balaban J connectivity index is 2.22. The van der Waals surface area contributed by atoms with Crippen LogP contribution in [0.2, 0.25) is 0 Å². The number of hydrogen-bond acceptors (Lipinski definition) is 5. The lowest BCUT2D eigenvalue weighted by atomic mass is 10.1. The standard InChI is InChI=1S/C15H21N5O/c1-12-3-4-14(19-18-7-5-16)13(11-12)15(21)20-9-2-6-17-8-10-20/h3-5,7,11,16-17,19H,2,6,8-10H2,1H3/b16-5?,18-7-. The zero-order valence-corrected chi connectivity index (χ0v) is 12.2. The van der Waals surface area contributed by atoms with E-state index in [0.717, 1.165) is 44.4 Å². The van der Waals surface area contributed by atoms with Crippen LogP contribution in [-0.4, -0.2) is 49.4 Å². The van der Waals surface area contributed by atoms with Crippen molar-refractivity contribution >= 4 is 24.0 Å². The highest BCUT2D eigenvalue weighted by Gasteiger charge is 2.20. The highest BCUT2D eigenvalue weighted by Crippen LogP contribution is 2.20. The molecular formula is C15H21N5O. The number of amides is 1. The fourth-order valence-electron chi connectivity index (χ4n) is 2.30. The smallest absolute Gasteiger partial charge is 0.256 e. The molecule has 6 nitrogen and oxygen atoms in total. The van der Waals surface area contributed by atoms with Crippen LogP contribution >= 0.6 is 0 Å². The molecule has 2 rings (SSSR count). The van der Waals surface area contributed by atoms with E-state index in [4.69, 9.17) is 5.41 Å². The third-order valence-corrected chi connectivity index (χ3v) is 3.37. The number of nitrogens with zero attached hydrogens (tertiary/aromatic N) is 2. The van der Waals surface area contributed by atoms with E-state index < -0.39 is 0 Å². The normalized spacial score (nSPS) is 15.8. The minimum absolute atomic E-state index is 0.0231. The van der Waals surface area contributed by atoms with Gasteiger partial charge in [0.05, 0.1) is 17.5 Å². The summed E-state index contributed by atoms with van der Waals surface area (Å²) < 4.78 is 0. The van der Waals surface area contributed by atoms with Crippen LogP contribution in [0.1, 0.15) is 22.3 Å². The molecule has 0 bridgehead atoms. The molecule has 1 heterocycles. The van der Waals surface area contributed by atoms with Crippen LogP contribution in [0, 0.1) is 12.3 Å². The van der Waals surface area contributed by atoms with Crippen molar-refractivity contribution in [2.75, 3.05) is 31.6 Å². The van der Waals surface area contributed by atoms with Gasteiger partial charge >= 0.3 is 0 Å². The highest BCUT2D eigenvalue weighted by atomic mass is 16.2. The SMILES string of the molecule is Cc1ccc(N/N=C\C=N)c(C(=O)N2CCCNCC2)c1. The van der Waals surface area contributed by atoms with Crippen LogP contribution in [0.5, 0.6) is 0 Å². The first kappa shape index (κ1) is 15.2. The van der Waals surface area contributed by atoms with Gasteiger partial charge in [-0.25, -0.2) is 0 Å². The Kier molecular flexibility index (Phi) is 5.45. The molecule has 1 aliphatic heterocycles. The molecule has 6 heteroatoms. The van der Waals surface area contributed by atoms with Crippen LogP contribution in [0.4, 0.5) is 5.69 Å². The van der Waals surface area contributed by atoms with Gasteiger partial charge in [-0.1, -0.05) is 11.6 Å². The summed E-state index contributed by atoms with van der Waals surface area (Å²) in [5, 5.41) is 14.1. The average Bonchev–Trinajstić information content (AvgIpc) is 2.77. The summed E-state index contributed by atoms with van der Waals surface area (Å²) in [5.74, 6) is 0.0231. The highest BCUT2D eigenvalue weighted by molar-refractivity contribution is 6.14. The zero-order chi connectivity index (χ0) is 15.1. The predicted octanol–water partition coefficient (Wildman–Crippen LogP) is 1.48.